The summed E-state index contributed by atoms with van der Waals surface area (Å²) >= 11 is 1.59. The van der Waals surface area contributed by atoms with E-state index < -0.39 is 0 Å². The van der Waals surface area contributed by atoms with Crippen molar-refractivity contribution in [1.82, 2.24) is 5.01 Å². The molecule has 0 fully saturated rings. The van der Waals surface area contributed by atoms with Crippen molar-refractivity contribution < 1.29 is 14.6 Å². The fraction of sp³-hybridized carbons (Fsp3) is 0.250. The molecule has 1 atom stereocenters. The van der Waals surface area contributed by atoms with Crippen LogP contribution >= 0.6 is 11.3 Å². The number of carbonyl (C=O) groups excluding carboxylic acids is 1. The number of para-hydroxylation sites is 1. The number of ether oxygens (including phenoxy) is 1. The average molecular weight is 316 g/mol. The van der Waals surface area contributed by atoms with E-state index >= 15 is 0 Å². The minimum Gasteiger partial charge on any atom is -0.504 e. The van der Waals surface area contributed by atoms with Crippen molar-refractivity contribution >= 4 is 23.0 Å². The summed E-state index contributed by atoms with van der Waals surface area (Å²) in [6, 6.07) is 8.85. The van der Waals surface area contributed by atoms with E-state index in [1.54, 1.807) is 23.5 Å². The van der Waals surface area contributed by atoms with Crippen LogP contribution in [0.2, 0.25) is 0 Å². The van der Waals surface area contributed by atoms with Crippen molar-refractivity contribution in [1.29, 1.82) is 0 Å². The highest BCUT2D eigenvalue weighted by molar-refractivity contribution is 7.12. The van der Waals surface area contributed by atoms with Crippen LogP contribution in [0.25, 0.3) is 0 Å². The first-order valence-corrected chi connectivity index (χ1v) is 7.76. The van der Waals surface area contributed by atoms with E-state index in [-0.39, 0.29) is 17.7 Å². The number of hydrogen-bond acceptors (Lipinski definition) is 5. The number of rotatable bonds is 3. The topological polar surface area (TPSA) is 62.1 Å². The van der Waals surface area contributed by atoms with Gasteiger partial charge in [0.1, 0.15) is 0 Å². The van der Waals surface area contributed by atoms with Gasteiger partial charge in [0.2, 0.25) is 5.91 Å². The maximum atomic E-state index is 11.9. The highest BCUT2D eigenvalue weighted by atomic mass is 32.1. The Morgan fingerprint density at radius 2 is 2.23 bits per heavy atom. The minimum absolute atomic E-state index is 0.0630. The van der Waals surface area contributed by atoms with Crippen molar-refractivity contribution in [2.75, 3.05) is 7.11 Å². The quantitative estimate of drug-likeness (QED) is 0.946. The van der Waals surface area contributed by atoms with E-state index in [1.807, 2.05) is 23.6 Å². The smallest absolute Gasteiger partial charge is 0.240 e. The molecule has 0 aliphatic carbocycles. The lowest BCUT2D eigenvalue weighted by Gasteiger charge is -2.22. The number of phenolic OH excluding ortho intramolecular Hbond substituents is 1. The van der Waals surface area contributed by atoms with Gasteiger partial charge < -0.3 is 9.84 Å². The maximum absolute atomic E-state index is 11.9. The molecule has 3 rings (SSSR count). The molecule has 0 unspecified atom stereocenters. The third kappa shape index (κ3) is 2.46. The van der Waals surface area contributed by atoms with Gasteiger partial charge in [-0.1, -0.05) is 18.2 Å². The van der Waals surface area contributed by atoms with E-state index in [2.05, 4.69) is 5.10 Å². The van der Waals surface area contributed by atoms with Crippen molar-refractivity contribution in [3.05, 3.63) is 46.2 Å². The lowest BCUT2D eigenvalue weighted by Crippen LogP contribution is -2.24. The highest BCUT2D eigenvalue weighted by Crippen LogP contribution is 2.41. The third-order valence-electron chi connectivity index (χ3n) is 3.63. The van der Waals surface area contributed by atoms with Crippen molar-refractivity contribution in [2.45, 2.75) is 19.4 Å². The Morgan fingerprint density at radius 3 is 2.86 bits per heavy atom. The van der Waals surface area contributed by atoms with E-state index in [1.165, 1.54) is 19.0 Å². The lowest BCUT2D eigenvalue weighted by molar-refractivity contribution is -0.130. The summed E-state index contributed by atoms with van der Waals surface area (Å²) in [5, 5.41) is 17.9. The second-order valence-corrected chi connectivity index (χ2v) is 5.95. The van der Waals surface area contributed by atoms with Crippen molar-refractivity contribution in [2.24, 2.45) is 5.10 Å². The predicted molar refractivity (Wildman–Crippen MR) is 85.4 cm³/mol. The van der Waals surface area contributed by atoms with Crippen LogP contribution in [0.4, 0.5) is 0 Å². The Labute approximate surface area is 132 Å². The molecule has 0 saturated carbocycles. The van der Waals surface area contributed by atoms with Gasteiger partial charge in [-0.2, -0.15) is 5.10 Å². The van der Waals surface area contributed by atoms with Gasteiger partial charge in [0.05, 0.1) is 23.7 Å². The lowest BCUT2D eigenvalue weighted by atomic mass is 9.99. The second kappa shape index (κ2) is 5.81. The first kappa shape index (κ1) is 14.6. The number of nitrogens with zero attached hydrogens (tertiary/aromatic N) is 2. The zero-order chi connectivity index (χ0) is 15.7. The predicted octanol–water partition coefficient (Wildman–Crippen LogP) is 3.16. The fourth-order valence-corrected chi connectivity index (χ4v) is 3.38. The number of phenols is 1. The van der Waals surface area contributed by atoms with Crippen LogP contribution in [0.5, 0.6) is 11.5 Å². The molecule has 22 heavy (non-hydrogen) atoms. The van der Waals surface area contributed by atoms with Gasteiger partial charge in [-0.3, -0.25) is 4.79 Å². The number of thiophene rings is 1. The number of amides is 1. The molecule has 1 amide bonds. The molecule has 5 nitrogen and oxygen atoms in total. The number of hydrazone groups is 1. The van der Waals surface area contributed by atoms with Gasteiger partial charge in [-0.05, 0) is 17.5 Å². The molecule has 1 aliphatic heterocycles. The zero-order valence-corrected chi connectivity index (χ0v) is 13.1. The van der Waals surface area contributed by atoms with Crippen LogP contribution in [0.15, 0.2) is 40.8 Å². The largest absolute Gasteiger partial charge is 0.504 e. The van der Waals surface area contributed by atoms with Crippen molar-refractivity contribution in [3.63, 3.8) is 0 Å². The monoisotopic (exact) mass is 316 g/mol. The van der Waals surface area contributed by atoms with Crippen LogP contribution in [0.3, 0.4) is 0 Å². The molecule has 2 aromatic rings. The standard InChI is InChI=1S/C16H16N2O3S/c1-10(19)18-13(9-12(17-18)15-7-4-8-22-15)11-5-3-6-14(20)16(11)21-2/h3-8,13,20H,9H2,1-2H3/t13-/m1/s1. The number of methoxy groups -OCH3 is 1. The summed E-state index contributed by atoms with van der Waals surface area (Å²) in [6.45, 7) is 1.49. The van der Waals surface area contributed by atoms with E-state index in [9.17, 15) is 9.90 Å². The fourth-order valence-electron chi connectivity index (χ4n) is 2.66. The Bertz CT molecular complexity index is 725. The van der Waals surface area contributed by atoms with Gasteiger partial charge in [-0.15, -0.1) is 11.3 Å². The summed E-state index contributed by atoms with van der Waals surface area (Å²) in [5.41, 5.74) is 1.63. The van der Waals surface area contributed by atoms with Gasteiger partial charge >= 0.3 is 0 Å². The third-order valence-corrected chi connectivity index (χ3v) is 4.55. The van der Waals surface area contributed by atoms with E-state index in [4.69, 9.17) is 4.74 Å². The van der Waals surface area contributed by atoms with Crippen LogP contribution in [-0.4, -0.2) is 28.8 Å². The Kier molecular flexibility index (Phi) is 3.85. The summed E-state index contributed by atoms with van der Waals surface area (Å²) in [6.07, 6.45) is 0.597. The second-order valence-electron chi connectivity index (χ2n) is 5.01. The minimum atomic E-state index is -0.267. The molecule has 0 bridgehead atoms. The van der Waals surface area contributed by atoms with Gasteiger partial charge in [0.15, 0.2) is 11.5 Å². The first-order chi connectivity index (χ1) is 10.6. The average Bonchev–Trinajstić information content (AvgIpc) is 3.16. The number of carbonyl (C=O) groups is 1. The Balaban J connectivity index is 2.01. The van der Waals surface area contributed by atoms with Gasteiger partial charge in [0.25, 0.3) is 0 Å². The SMILES string of the molecule is COc1c(O)cccc1[C@H]1CC(c2cccs2)=NN1C(C)=O. The van der Waals surface area contributed by atoms with Gasteiger partial charge in [0, 0.05) is 18.9 Å². The van der Waals surface area contributed by atoms with Crippen LogP contribution < -0.4 is 4.74 Å². The molecule has 1 aromatic carbocycles. The Morgan fingerprint density at radius 1 is 1.41 bits per heavy atom. The van der Waals surface area contributed by atoms with Crippen LogP contribution in [-0.2, 0) is 4.79 Å². The molecule has 114 valence electrons. The molecule has 1 N–H and O–H groups in total. The maximum Gasteiger partial charge on any atom is 0.240 e. The molecule has 1 aromatic heterocycles. The zero-order valence-electron chi connectivity index (χ0n) is 12.3. The Hall–Kier alpha value is -2.34. The molecule has 2 heterocycles. The molecule has 0 saturated heterocycles. The van der Waals surface area contributed by atoms with Crippen molar-refractivity contribution in [3.8, 4) is 11.5 Å². The molecular formula is C16H16N2O3S. The van der Waals surface area contributed by atoms with Gasteiger partial charge in [-0.25, -0.2) is 5.01 Å². The van der Waals surface area contributed by atoms with Crippen LogP contribution in [0, 0.1) is 0 Å². The normalized spacial score (nSPS) is 17.5. The number of benzene rings is 1. The molecular weight excluding hydrogens is 300 g/mol. The van der Waals surface area contributed by atoms with Crippen LogP contribution in [0.1, 0.15) is 29.8 Å². The summed E-state index contributed by atoms with van der Waals surface area (Å²) in [4.78, 5) is 13.0. The molecule has 1 aliphatic rings. The number of aromatic hydroxyl groups is 1. The molecule has 0 radical (unpaired) electrons. The summed E-state index contributed by atoms with van der Waals surface area (Å²) in [7, 11) is 1.51. The summed E-state index contributed by atoms with van der Waals surface area (Å²) < 4.78 is 5.31. The molecule has 6 heteroatoms. The van der Waals surface area contributed by atoms with E-state index in [0.29, 0.717) is 12.2 Å². The highest BCUT2D eigenvalue weighted by Gasteiger charge is 2.34. The number of hydrogen-bond donors (Lipinski definition) is 1. The van der Waals surface area contributed by atoms with E-state index in [0.717, 1.165) is 16.2 Å². The molecule has 0 spiro atoms. The summed E-state index contributed by atoms with van der Waals surface area (Å²) in [5.74, 6) is 0.316. The first-order valence-electron chi connectivity index (χ1n) is 6.89.